The van der Waals surface area contributed by atoms with Crippen molar-refractivity contribution in [3.63, 3.8) is 0 Å². The van der Waals surface area contributed by atoms with E-state index >= 15 is 0 Å². The van der Waals surface area contributed by atoms with Crippen molar-refractivity contribution in [2.45, 2.75) is 13.0 Å². The molecule has 1 atom stereocenters. The number of piperazine rings is 1. The Kier molecular flexibility index (Phi) is 5.54. The van der Waals surface area contributed by atoms with E-state index in [0.29, 0.717) is 6.61 Å². The van der Waals surface area contributed by atoms with Crippen LogP contribution < -0.4 is 14.8 Å². The number of nitrogens with one attached hydrogen (secondary N) is 1. The van der Waals surface area contributed by atoms with Crippen molar-refractivity contribution in [3.05, 3.63) is 46.2 Å². The fraction of sp³-hybridized carbons (Fsp3) is 0.444. The normalized spacial score (nSPS) is 17.0. The SMILES string of the molecule is CCOc1ccc([C@H](c2cccs2)N2CCNCC2)cc1OC. The minimum atomic E-state index is 0.279. The molecule has 0 saturated carbocycles. The average Bonchev–Trinajstić information content (AvgIpc) is 3.11. The number of ether oxygens (including phenoxy) is 2. The van der Waals surface area contributed by atoms with Crippen molar-refractivity contribution in [1.29, 1.82) is 0 Å². The molecule has 1 aromatic carbocycles. The zero-order valence-corrected chi connectivity index (χ0v) is 14.6. The van der Waals surface area contributed by atoms with Crippen LogP contribution in [0.3, 0.4) is 0 Å². The molecule has 23 heavy (non-hydrogen) atoms. The summed E-state index contributed by atoms with van der Waals surface area (Å²) >= 11 is 1.81. The van der Waals surface area contributed by atoms with Gasteiger partial charge >= 0.3 is 0 Å². The van der Waals surface area contributed by atoms with Crippen molar-refractivity contribution < 1.29 is 9.47 Å². The highest BCUT2D eigenvalue weighted by atomic mass is 32.1. The fourth-order valence-electron chi connectivity index (χ4n) is 3.07. The Balaban J connectivity index is 1.96. The van der Waals surface area contributed by atoms with Crippen molar-refractivity contribution in [3.8, 4) is 11.5 Å². The van der Waals surface area contributed by atoms with Gasteiger partial charge in [0.2, 0.25) is 0 Å². The van der Waals surface area contributed by atoms with Gasteiger partial charge in [-0.2, -0.15) is 0 Å². The van der Waals surface area contributed by atoms with Crippen LogP contribution in [0.1, 0.15) is 23.4 Å². The quantitative estimate of drug-likeness (QED) is 0.881. The van der Waals surface area contributed by atoms with Gasteiger partial charge in [0.1, 0.15) is 0 Å². The minimum Gasteiger partial charge on any atom is -0.493 e. The lowest BCUT2D eigenvalue weighted by Gasteiger charge is -2.35. The average molecular weight is 332 g/mol. The molecule has 0 unspecified atom stereocenters. The number of rotatable bonds is 6. The second-order valence-electron chi connectivity index (χ2n) is 5.55. The van der Waals surface area contributed by atoms with E-state index in [0.717, 1.165) is 37.7 Å². The monoisotopic (exact) mass is 332 g/mol. The topological polar surface area (TPSA) is 33.7 Å². The Labute approximate surface area is 142 Å². The molecule has 1 aliphatic rings. The lowest BCUT2D eigenvalue weighted by atomic mass is 10.0. The van der Waals surface area contributed by atoms with Crippen molar-refractivity contribution in [2.24, 2.45) is 0 Å². The highest BCUT2D eigenvalue weighted by Gasteiger charge is 2.25. The van der Waals surface area contributed by atoms with Crippen molar-refractivity contribution in [2.75, 3.05) is 39.9 Å². The van der Waals surface area contributed by atoms with E-state index in [2.05, 4.69) is 39.9 Å². The summed E-state index contributed by atoms with van der Waals surface area (Å²) in [4.78, 5) is 3.91. The van der Waals surface area contributed by atoms with E-state index in [-0.39, 0.29) is 6.04 Å². The summed E-state index contributed by atoms with van der Waals surface area (Å²) < 4.78 is 11.2. The molecule has 0 spiro atoms. The molecule has 0 aliphatic carbocycles. The summed E-state index contributed by atoms with van der Waals surface area (Å²) in [7, 11) is 1.70. The lowest BCUT2D eigenvalue weighted by Crippen LogP contribution is -2.45. The molecule has 0 amide bonds. The van der Waals surface area contributed by atoms with E-state index < -0.39 is 0 Å². The lowest BCUT2D eigenvalue weighted by molar-refractivity contribution is 0.200. The van der Waals surface area contributed by atoms with Gasteiger partial charge in [-0.05, 0) is 36.1 Å². The van der Waals surface area contributed by atoms with Gasteiger partial charge in [-0.15, -0.1) is 11.3 Å². The van der Waals surface area contributed by atoms with Gasteiger partial charge in [0.15, 0.2) is 11.5 Å². The van der Waals surface area contributed by atoms with Gasteiger partial charge in [0, 0.05) is 31.1 Å². The molecule has 1 aromatic heterocycles. The van der Waals surface area contributed by atoms with Crippen molar-refractivity contribution >= 4 is 11.3 Å². The van der Waals surface area contributed by atoms with Gasteiger partial charge in [-0.1, -0.05) is 12.1 Å². The Bertz CT molecular complexity index is 609. The Morgan fingerprint density at radius 3 is 2.70 bits per heavy atom. The maximum atomic E-state index is 5.65. The number of nitrogens with zero attached hydrogens (tertiary/aromatic N) is 1. The fourth-order valence-corrected chi connectivity index (χ4v) is 3.96. The van der Waals surface area contributed by atoms with Crippen LogP contribution in [0.2, 0.25) is 0 Å². The molecule has 3 rings (SSSR count). The Hall–Kier alpha value is -1.56. The van der Waals surface area contributed by atoms with Crippen LogP contribution in [0.15, 0.2) is 35.7 Å². The standard InChI is InChI=1S/C18H24N2O2S/c1-3-22-15-7-6-14(13-16(15)21-2)18(17-5-4-12-23-17)20-10-8-19-9-11-20/h4-7,12-13,18-19H,3,8-11H2,1-2H3/t18-/m1/s1. The molecule has 0 bridgehead atoms. The number of thiophene rings is 1. The Morgan fingerprint density at radius 2 is 2.04 bits per heavy atom. The van der Waals surface area contributed by atoms with Crippen LogP contribution in [0.5, 0.6) is 11.5 Å². The first-order valence-corrected chi connectivity index (χ1v) is 9.00. The number of methoxy groups -OCH3 is 1. The van der Waals surface area contributed by atoms with Crippen LogP contribution in [0, 0.1) is 0 Å². The van der Waals surface area contributed by atoms with Crippen LogP contribution in [-0.4, -0.2) is 44.8 Å². The van der Waals surface area contributed by atoms with E-state index in [9.17, 15) is 0 Å². The summed E-state index contributed by atoms with van der Waals surface area (Å²) in [5, 5.41) is 5.58. The zero-order valence-electron chi connectivity index (χ0n) is 13.7. The predicted molar refractivity (Wildman–Crippen MR) is 94.8 cm³/mol. The van der Waals surface area contributed by atoms with Crippen LogP contribution in [-0.2, 0) is 0 Å². The third-order valence-electron chi connectivity index (χ3n) is 4.13. The molecule has 4 nitrogen and oxygen atoms in total. The molecule has 1 fully saturated rings. The van der Waals surface area contributed by atoms with Crippen LogP contribution in [0.25, 0.3) is 0 Å². The van der Waals surface area contributed by atoms with E-state index in [1.54, 1.807) is 7.11 Å². The maximum absolute atomic E-state index is 5.65. The molecular weight excluding hydrogens is 308 g/mol. The summed E-state index contributed by atoms with van der Waals surface area (Å²) in [6.07, 6.45) is 0. The summed E-state index contributed by atoms with van der Waals surface area (Å²) in [6.45, 7) is 6.81. The highest BCUT2D eigenvalue weighted by molar-refractivity contribution is 7.10. The third kappa shape index (κ3) is 3.68. The number of hydrogen-bond donors (Lipinski definition) is 1. The van der Waals surface area contributed by atoms with E-state index in [4.69, 9.17) is 9.47 Å². The molecular formula is C18H24N2O2S. The van der Waals surface area contributed by atoms with Crippen molar-refractivity contribution in [1.82, 2.24) is 10.2 Å². The Morgan fingerprint density at radius 1 is 1.22 bits per heavy atom. The minimum absolute atomic E-state index is 0.279. The van der Waals surface area contributed by atoms with Gasteiger partial charge in [0.25, 0.3) is 0 Å². The smallest absolute Gasteiger partial charge is 0.161 e. The molecule has 0 radical (unpaired) electrons. The van der Waals surface area contributed by atoms with Crippen LogP contribution >= 0.6 is 11.3 Å². The molecule has 1 aliphatic heterocycles. The molecule has 124 valence electrons. The second-order valence-corrected chi connectivity index (χ2v) is 6.53. The molecule has 1 saturated heterocycles. The first-order chi connectivity index (χ1) is 11.3. The molecule has 2 heterocycles. The van der Waals surface area contributed by atoms with Gasteiger partial charge in [0.05, 0.1) is 19.8 Å². The predicted octanol–water partition coefficient (Wildman–Crippen LogP) is 3.15. The van der Waals surface area contributed by atoms with E-state index in [1.807, 2.05) is 24.3 Å². The maximum Gasteiger partial charge on any atom is 0.161 e. The van der Waals surface area contributed by atoms with Crippen LogP contribution in [0.4, 0.5) is 0 Å². The molecule has 2 aromatic rings. The van der Waals surface area contributed by atoms with Gasteiger partial charge in [-0.25, -0.2) is 0 Å². The third-order valence-corrected chi connectivity index (χ3v) is 5.06. The first kappa shape index (κ1) is 16.3. The highest BCUT2D eigenvalue weighted by Crippen LogP contribution is 2.37. The second kappa shape index (κ2) is 7.81. The van der Waals surface area contributed by atoms with Gasteiger partial charge in [-0.3, -0.25) is 4.90 Å². The molecule has 5 heteroatoms. The zero-order chi connectivity index (χ0) is 16.1. The number of hydrogen-bond acceptors (Lipinski definition) is 5. The number of benzene rings is 1. The van der Waals surface area contributed by atoms with Gasteiger partial charge < -0.3 is 14.8 Å². The largest absolute Gasteiger partial charge is 0.493 e. The summed E-state index contributed by atoms with van der Waals surface area (Å²) in [6, 6.07) is 10.9. The summed E-state index contributed by atoms with van der Waals surface area (Å²) in [5.41, 5.74) is 1.26. The molecule has 1 N–H and O–H groups in total. The van der Waals surface area contributed by atoms with E-state index in [1.165, 1.54) is 10.4 Å². The summed E-state index contributed by atoms with van der Waals surface area (Å²) in [5.74, 6) is 1.62. The first-order valence-electron chi connectivity index (χ1n) is 8.12.